The number of aryl methyl sites for hydroxylation is 1. The Bertz CT molecular complexity index is 1220. The van der Waals surface area contributed by atoms with Crippen molar-refractivity contribution >= 4 is 28.3 Å². The van der Waals surface area contributed by atoms with E-state index >= 15 is 0 Å². The van der Waals surface area contributed by atoms with Crippen LogP contribution in [-0.2, 0) is 17.8 Å². The van der Waals surface area contributed by atoms with Crippen molar-refractivity contribution in [1.82, 2.24) is 19.2 Å². The van der Waals surface area contributed by atoms with Crippen LogP contribution in [0.2, 0.25) is 0 Å². The molecule has 0 aliphatic heterocycles. The van der Waals surface area contributed by atoms with Crippen molar-refractivity contribution in [3.8, 4) is 0 Å². The Morgan fingerprint density at radius 1 is 1.03 bits per heavy atom. The van der Waals surface area contributed by atoms with Gasteiger partial charge in [-0.05, 0) is 30.2 Å². The van der Waals surface area contributed by atoms with Gasteiger partial charge in [-0.2, -0.15) is 0 Å². The molecule has 0 saturated carbocycles. The number of anilines is 1. The molecule has 0 aliphatic carbocycles. The third kappa shape index (κ3) is 3.76. The van der Waals surface area contributed by atoms with Crippen LogP contribution in [0.15, 0.2) is 59.4 Å². The van der Waals surface area contributed by atoms with Crippen LogP contribution in [0, 0.1) is 5.92 Å². The highest BCUT2D eigenvalue weighted by Crippen LogP contribution is 2.16. The van der Waals surface area contributed by atoms with E-state index in [1.165, 1.54) is 0 Å². The van der Waals surface area contributed by atoms with E-state index in [0.29, 0.717) is 30.0 Å². The van der Waals surface area contributed by atoms with Gasteiger partial charge in [-0.25, -0.2) is 0 Å². The Labute approximate surface area is 168 Å². The molecule has 4 aromatic rings. The summed E-state index contributed by atoms with van der Waals surface area (Å²) >= 11 is 0. The van der Waals surface area contributed by atoms with Gasteiger partial charge in [0.05, 0.1) is 10.9 Å². The monoisotopic (exact) mass is 389 g/mol. The molecule has 4 rings (SSSR count). The first-order chi connectivity index (χ1) is 14.0. The first-order valence-corrected chi connectivity index (χ1v) is 9.75. The Balaban J connectivity index is 1.69. The summed E-state index contributed by atoms with van der Waals surface area (Å²) in [5, 5.41) is 12.1. The Morgan fingerprint density at radius 2 is 1.76 bits per heavy atom. The van der Waals surface area contributed by atoms with E-state index < -0.39 is 0 Å². The van der Waals surface area contributed by atoms with E-state index in [1.54, 1.807) is 4.57 Å². The summed E-state index contributed by atoms with van der Waals surface area (Å²) in [4.78, 5) is 25.3. The number of fused-ring (bicyclic) bond motifs is 3. The lowest BCUT2D eigenvalue weighted by Crippen LogP contribution is -2.25. The molecule has 0 spiro atoms. The van der Waals surface area contributed by atoms with Gasteiger partial charge in [0.1, 0.15) is 5.82 Å². The van der Waals surface area contributed by atoms with Crippen LogP contribution in [-0.4, -0.2) is 25.1 Å². The number of para-hydroxylation sites is 2. The van der Waals surface area contributed by atoms with Crippen LogP contribution in [0.25, 0.3) is 16.7 Å². The summed E-state index contributed by atoms with van der Waals surface area (Å²) in [5.41, 5.74) is 1.46. The molecule has 0 unspecified atom stereocenters. The summed E-state index contributed by atoms with van der Waals surface area (Å²) in [6.07, 6.45) is 0.691. The topological polar surface area (TPSA) is 81.3 Å². The molecule has 7 nitrogen and oxygen atoms in total. The highest BCUT2D eigenvalue weighted by molar-refractivity contribution is 5.90. The van der Waals surface area contributed by atoms with Crippen molar-refractivity contribution in [1.29, 1.82) is 0 Å². The lowest BCUT2D eigenvalue weighted by Gasteiger charge is -2.13. The van der Waals surface area contributed by atoms with Gasteiger partial charge in [0.25, 0.3) is 5.56 Å². The van der Waals surface area contributed by atoms with Gasteiger partial charge in [-0.1, -0.05) is 44.2 Å². The van der Waals surface area contributed by atoms with Crippen molar-refractivity contribution in [2.75, 3.05) is 5.32 Å². The van der Waals surface area contributed by atoms with E-state index in [-0.39, 0.29) is 23.8 Å². The molecule has 0 atom stereocenters. The molecule has 0 radical (unpaired) electrons. The van der Waals surface area contributed by atoms with Crippen molar-refractivity contribution in [3.63, 3.8) is 0 Å². The number of hydrogen-bond donors (Lipinski definition) is 1. The highest BCUT2D eigenvalue weighted by atomic mass is 16.1. The molecule has 1 N–H and O–H groups in total. The standard InChI is InChI=1S/C22H23N5O2/c1-15(2)14-26-21(29)17-10-6-7-11-18(17)27-19(24-25-22(26)27)12-13-20(28)23-16-8-4-3-5-9-16/h3-11,15H,12-14H2,1-2H3,(H,23,28). The fourth-order valence-corrected chi connectivity index (χ4v) is 3.48. The quantitative estimate of drug-likeness (QED) is 0.549. The van der Waals surface area contributed by atoms with E-state index in [0.717, 1.165) is 11.2 Å². The zero-order valence-electron chi connectivity index (χ0n) is 16.5. The summed E-state index contributed by atoms with van der Waals surface area (Å²) < 4.78 is 3.57. The zero-order valence-corrected chi connectivity index (χ0v) is 16.5. The van der Waals surface area contributed by atoms with Gasteiger partial charge in [0, 0.05) is 25.1 Å². The Hall–Kier alpha value is -3.48. The van der Waals surface area contributed by atoms with E-state index in [9.17, 15) is 9.59 Å². The Morgan fingerprint density at radius 3 is 2.52 bits per heavy atom. The second kappa shape index (κ2) is 7.87. The first-order valence-electron chi connectivity index (χ1n) is 9.75. The summed E-state index contributed by atoms with van der Waals surface area (Å²) in [6.45, 7) is 4.67. The maximum Gasteiger partial charge on any atom is 0.262 e. The number of amides is 1. The first kappa shape index (κ1) is 18.9. The smallest absolute Gasteiger partial charge is 0.262 e. The van der Waals surface area contributed by atoms with E-state index in [1.807, 2.05) is 59.0 Å². The molecule has 7 heteroatoms. The number of carbonyl (C=O) groups is 1. The number of carbonyl (C=O) groups excluding carboxylic acids is 1. The van der Waals surface area contributed by atoms with Gasteiger partial charge in [-0.15, -0.1) is 10.2 Å². The largest absolute Gasteiger partial charge is 0.326 e. The van der Waals surface area contributed by atoms with Crippen LogP contribution in [0.1, 0.15) is 26.1 Å². The van der Waals surface area contributed by atoms with Crippen LogP contribution < -0.4 is 10.9 Å². The van der Waals surface area contributed by atoms with Gasteiger partial charge in [-0.3, -0.25) is 18.6 Å². The molecular weight excluding hydrogens is 366 g/mol. The molecule has 1 amide bonds. The molecule has 0 saturated heterocycles. The fourth-order valence-electron chi connectivity index (χ4n) is 3.48. The van der Waals surface area contributed by atoms with E-state index in [2.05, 4.69) is 29.4 Å². The number of hydrogen-bond acceptors (Lipinski definition) is 4. The van der Waals surface area contributed by atoms with Crippen LogP contribution in [0.4, 0.5) is 5.69 Å². The van der Waals surface area contributed by atoms with Crippen LogP contribution >= 0.6 is 0 Å². The second-order valence-electron chi connectivity index (χ2n) is 7.49. The second-order valence-corrected chi connectivity index (χ2v) is 7.49. The number of benzene rings is 2. The maximum atomic E-state index is 13.0. The van der Waals surface area contributed by atoms with Crippen molar-refractivity contribution in [2.45, 2.75) is 33.2 Å². The predicted octanol–water partition coefficient (Wildman–Crippen LogP) is 3.27. The number of nitrogens with zero attached hydrogens (tertiary/aromatic N) is 4. The van der Waals surface area contributed by atoms with Gasteiger partial charge in [0.2, 0.25) is 11.7 Å². The summed E-state index contributed by atoms with van der Waals surface area (Å²) in [7, 11) is 0. The van der Waals surface area contributed by atoms with Gasteiger partial charge < -0.3 is 5.32 Å². The summed E-state index contributed by atoms with van der Waals surface area (Å²) in [6, 6.07) is 16.8. The molecular formula is C22H23N5O2. The molecule has 2 aromatic heterocycles. The fraction of sp³-hybridized carbons (Fsp3) is 0.273. The maximum absolute atomic E-state index is 13.0. The highest BCUT2D eigenvalue weighted by Gasteiger charge is 2.17. The minimum Gasteiger partial charge on any atom is -0.326 e. The van der Waals surface area contributed by atoms with Crippen molar-refractivity contribution in [3.05, 3.63) is 70.8 Å². The molecule has 29 heavy (non-hydrogen) atoms. The Kier molecular flexibility index (Phi) is 5.12. The summed E-state index contributed by atoms with van der Waals surface area (Å²) in [5.74, 6) is 1.38. The number of nitrogens with one attached hydrogen (secondary N) is 1. The third-order valence-electron chi connectivity index (χ3n) is 4.76. The average molecular weight is 389 g/mol. The molecule has 2 aromatic carbocycles. The van der Waals surface area contributed by atoms with Crippen LogP contribution in [0.3, 0.4) is 0 Å². The molecule has 0 aliphatic rings. The number of aromatic nitrogens is 4. The van der Waals surface area contributed by atoms with Gasteiger partial charge >= 0.3 is 0 Å². The normalized spacial score (nSPS) is 11.4. The van der Waals surface area contributed by atoms with Crippen molar-refractivity contribution < 1.29 is 4.79 Å². The third-order valence-corrected chi connectivity index (χ3v) is 4.76. The number of rotatable bonds is 6. The van der Waals surface area contributed by atoms with Crippen molar-refractivity contribution in [2.24, 2.45) is 5.92 Å². The minimum atomic E-state index is -0.0900. The lowest BCUT2D eigenvalue weighted by atomic mass is 10.2. The zero-order chi connectivity index (χ0) is 20.4. The molecule has 148 valence electrons. The molecule has 2 heterocycles. The lowest BCUT2D eigenvalue weighted by molar-refractivity contribution is -0.116. The average Bonchev–Trinajstić information content (AvgIpc) is 3.14. The predicted molar refractivity (Wildman–Crippen MR) is 113 cm³/mol. The molecule has 0 fully saturated rings. The van der Waals surface area contributed by atoms with Gasteiger partial charge in [0.15, 0.2) is 0 Å². The molecule has 0 bridgehead atoms. The van der Waals surface area contributed by atoms with E-state index in [4.69, 9.17) is 0 Å². The SMILES string of the molecule is CC(C)Cn1c(=O)c2ccccc2n2c(CCC(=O)Nc3ccccc3)nnc12. The minimum absolute atomic E-state index is 0.0671. The van der Waals surface area contributed by atoms with Crippen LogP contribution in [0.5, 0.6) is 0 Å².